The maximum Gasteiger partial charge on any atom is 0.239 e. The van der Waals surface area contributed by atoms with Crippen LogP contribution in [0.5, 0.6) is 0 Å². The molecule has 21 heavy (non-hydrogen) atoms. The molecule has 1 rings (SSSR count). The van der Waals surface area contributed by atoms with Crippen molar-refractivity contribution < 1.29 is 14.0 Å². The van der Waals surface area contributed by atoms with Crippen molar-refractivity contribution in [3.05, 3.63) is 30.1 Å². The van der Waals surface area contributed by atoms with E-state index in [4.69, 9.17) is 0 Å². The van der Waals surface area contributed by atoms with Gasteiger partial charge in [-0.3, -0.25) is 9.59 Å². The topological polar surface area (TPSA) is 58.2 Å². The highest BCUT2D eigenvalue weighted by molar-refractivity contribution is 6.09. The van der Waals surface area contributed by atoms with Gasteiger partial charge in [-0.05, 0) is 38.5 Å². The Kier molecular flexibility index (Phi) is 6.34. The predicted molar refractivity (Wildman–Crippen MR) is 81.3 cm³/mol. The number of hydrogen-bond acceptors (Lipinski definition) is 2. The second kappa shape index (κ2) is 7.76. The van der Waals surface area contributed by atoms with Crippen LogP contribution in [0.15, 0.2) is 24.3 Å². The van der Waals surface area contributed by atoms with Gasteiger partial charge in [0, 0.05) is 12.2 Å². The van der Waals surface area contributed by atoms with Crippen molar-refractivity contribution in [1.82, 2.24) is 5.32 Å². The van der Waals surface area contributed by atoms with Crippen LogP contribution in [-0.2, 0) is 9.59 Å². The summed E-state index contributed by atoms with van der Waals surface area (Å²) in [6.45, 7) is 5.75. The Morgan fingerprint density at radius 1 is 1.19 bits per heavy atom. The highest BCUT2D eigenvalue weighted by atomic mass is 19.1. The number of carbonyl (C=O) groups is 2. The van der Waals surface area contributed by atoms with Crippen LogP contribution in [0.4, 0.5) is 10.1 Å². The van der Waals surface area contributed by atoms with Gasteiger partial charge in [0.2, 0.25) is 11.8 Å². The molecule has 4 nitrogen and oxygen atoms in total. The molecule has 0 heterocycles. The fraction of sp³-hybridized carbons (Fsp3) is 0.500. The molecule has 1 aromatic carbocycles. The summed E-state index contributed by atoms with van der Waals surface area (Å²) in [4.78, 5) is 24.3. The minimum absolute atomic E-state index is 0.326. The van der Waals surface area contributed by atoms with Crippen LogP contribution in [0.3, 0.4) is 0 Å². The molecule has 2 amide bonds. The standard InChI is InChI=1S/C16H23FN2O2/c1-4-5-6-10-18-14(20)16(2,3)15(21)19-13-9-7-8-12(17)11-13/h7-9,11H,4-6,10H2,1-3H3,(H,18,20)(H,19,21). The summed E-state index contributed by atoms with van der Waals surface area (Å²) >= 11 is 0. The number of nitrogens with one attached hydrogen (secondary N) is 2. The maximum absolute atomic E-state index is 13.1. The lowest BCUT2D eigenvalue weighted by Gasteiger charge is -2.22. The quantitative estimate of drug-likeness (QED) is 0.599. The van der Waals surface area contributed by atoms with Gasteiger partial charge in [0.25, 0.3) is 0 Å². The monoisotopic (exact) mass is 294 g/mol. The third kappa shape index (κ3) is 5.17. The fourth-order valence-electron chi connectivity index (χ4n) is 1.75. The van der Waals surface area contributed by atoms with Crippen LogP contribution in [-0.4, -0.2) is 18.4 Å². The van der Waals surface area contributed by atoms with Gasteiger partial charge in [-0.15, -0.1) is 0 Å². The van der Waals surface area contributed by atoms with Crippen molar-refractivity contribution in [2.24, 2.45) is 5.41 Å². The molecule has 0 saturated carbocycles. The summed E-state index contributed by atoms with van der Waals surface area (Å²) in [5.41, 5.74) is -0.870. The molecule has 2 N–H and O–H groups in total. The van der Waals surface area contributed by atoms with Gasteiger partial charge >= 0.3 is 0 Å². The van der Waals surface area contributed by atoms with E-state index >= 15 is 0 Å². The first-order valence-electron chi connectivity index (χ1n) is 7.23. The van der Waals surface area contributed by atoms with Crippen molar-refractivity contribution in [1.29, 1.82) is 0 Å². The molecule has 0 bridgehead atoms. The van der Waals surface area contributed by atoms with E-state index in [1.165, 1.54) is 18.2 Å². The summed E-state index contributed by atoms with van der Waals surface area (Å²) in [7, 11) is 0. The van der Waals surface area contributed by atoms with E-state index in [9.17, 15) is 14.0 Å². The molecular weight excluding hydrogens is 271 g/mol. The third-order valence-electron chi connectivity index (χ3n) is 3.28. The second-order valence-electron chi connectivity index (χ2n) is 5.55. The van der Waals surface area contributed by atoms with E-state index in [0.717, 1.165) is 19.3 Å². The highest BCUT2D eigenvalue weighted by Crippen LogP contribution is 2.19. The molecule has 0 radical (unpaired) electrons. The highest BCUT2D eigenvalue weighted by Gasteiger charge is 2.35. The summed E-state index contributed by atoms with van der Waals surface area (Å²) in [5, 5.41) is 5.33. The average Bonchev–Trinajstić information content (AvgIpc) is 2.43. The number of hydrogen-bond donors (Lipinski definition) is 2. The summed E-state index contributed by atoms with van der Waals surface area (Å²) < 4.78 is 13.1. The molecule has 0 spiro atoms. The van der Waals surface area contributed by atoms with E-state index in [1.54, 1.807) is 19.9 Å². The van der Waals surface area contributed by atoms with Crippen LogP contribution in [0.2, 0.25) is 0 Å². The lowest BCUT2D eigenvalue weighted by molar-refractivity contribution is -0.138. The average molecular weight is 294 g/mol. The van der Waals surface area contributed by atoms with E-state index in [0.29, 0.717) is 12.2 Å². The number of carbonyl (C=O) groups excluding carboxylic acids is 2. The molecule has 0 aliphatic carbocycles. The van der Waals surface area contributed by atoms with E-state index in [2.05, 4.69) is 17.6 Å². The minimum Gasteiger partial charge on any atom is -0.355 e. The smallest absolute Gasteiger partial charge is 0.239 e. The molecule has 0 atom stereocenters. The Labute approximate surface area is 125 Å². The van der Waals surface area contributed by atoms with Crippen molar-refractivity contribution >= 4 is 17.5 Å². The SMILES string of the molecule is CCCCCNC(=O)C(C)(C)C(=O)Nc1cccc(F)c1. The molecule has 0 aliphatic rings. The molecule has 0 saturated heterocycles. The molecule has 5 heteroatoms. The first-order chi connectivity index (χ1) is 9.87. The van der Waals surface area contributed by atoms with E-state index in [1.807, 2.05) is 0 Å². The lowest BCUT2D eigenvalue weighted by Crippen LogP contribution is -2.45. The summed E-state index contributed by atoms with van der Waals surface area (Å²) in [6.07, 6.45) is 3.00. The fourth-order valence-corrected chi connectivity index (χ4v) is 1.75. The minimum atomic E-state index is -1.21. The molecular formula is C16H23FN2O2. The number of halogens is 1. The Balaban J connectivity index is 2.59. The van der Waals surface area contributed by atoms with Crippen molar-refractivity contribution in [2.45, 2.75) is 40.0 Å². The van der Waals surface area contributed by atoms with Crippen LogP contribution < -0.4 is 10.6 Å². The summed E-state index contributed by atoms with van der Waals surface area (Å²) in [5.74, 6) is -1.22. The zero-order valence-corrected chi connectivity index (χ0v) is 12.8. The molecule has 0 unspecified atom stereocenters. The van der Waals surface area contributed by atoms with E-state index in [-0.39, 0.29) is 5.91 Å². The van der Waals surface area contributed by atoms with Gasteiger partial charge in [0.15, 0.2) is 0 Å². The molecule has 1 aromatic rings. The van der Waals surface area contributed by atoms with Gasteiger partial charge in [-0.2, -0.15) is 0 Å². The number of amides is 2. The van der Waals surface area contributed by atoms with Gasteiger partial charge in [-0.25, -0.2) is 4.39 Å². The van der Waals surface area contributed by atoms with Crippen LogP contribution in [0, 0.1) is 11.2 Å². The van der Waals surface area contributed by atoms with E-state index < -0.39 is 17.1 Å². The van der Waals surface area contributed by atoms with Crippen LogP contribution in [0.25, 0.3) is 0 Å². The van der Waals surface area contributed by atoms with Crippen LogP contribution in [0.1, 0.15) is 40.0 Å². The van der Waals surface area contributed by atoms with Crippen LogP contribution >= 0.6 is 0 Å². The Morgan fingerprint density at radius 2 is 1.90 bits per heavy atom. The number of rotatable bonds is 7. The maximum atomic E-state index is 13.1. The largest absolute Gasteiger partial charge is 0.355 e. The Hall–Kier alpha value is -1.91. The first-order valence-corrected chi connectivity index (χ1v) is 7.23. The van der Waals surface area contributed by atoms with Crippen molar-refractivity contribution in [2.75, 3.05) is 11.9 Å². The van der Waals surface area contributed by atoms with Gasteiger partial charge in [0.1, 0.15) is 11.2 Å². The number of anilines is 1. The summed E-state index contributed by atoms with van der Waals surface area (Å²) in [6, 6.07) is 5.59. The Morgan fingerprint density at radius 3 is 2.52 bits per heavy atom. The van der Waals surface area contributed by atoms with Gasteiger partial charge in [0.05, 0.1) is 0 Å². The number of unbranched alkanes of at least 4 members (excludes halogenated alkanes) is 2. The molecule has 0 aliphatic heterocycles. The zero-order chi connectivity index (χ0) is 15.9. The van der Waals surface area contributed by atoms with Gasteiger partial charge in [-0.1, -0.05) is 25.8 Å². The molecule has 0 fully saturated rings. The third-order valence-corrected chi connectivity index (χ3v) is 3.28. The van der Waals surface area contributed by atoms with Gasteiger partial charge < -0.3 is 10.6 Å². The van der Waals surface area contributed by atoms with Crippen molar-refractivity contribution in [3.63, 3.8) is 0 Å². The normalized spacial score (nSPS) is 11.0. The first kappa shape index (κ1) is 17.1. The molecule has 116 valence electrons. The zero-order valence-electron chi connectivity index (χ0n) is 12.8. The predicted octanol–water partition coefficient (Wildman–Crippen LogP) is 3.10. The second-order valence-corrected chi connectivity index (χ2v) is 5.55. The van der Waals surface area contributed by atoms with Crippen molar-refractivity contribution in [3.8, 4) is 0 Å². The Bertz CT molecular complexity index is 501. The number of benzene rings is 1. The molecule has 0 aromatic heterocycles. The lowest BCUT2D eigenvalue weighted by atomic mass is 9.91.